The van der Waals surface area contributed by atoms with E-state index in [-0.39, 0.29) is 12.4 Å². The Bertz CT molecular complexity index is 530. The van der Waals surface area contributed by atoms with Gasteiger partial charge in [0.2, 0.25) is 10.0 Å². The van der Waals surface area contributed by atoms with Crippen LogP contribution in [0.4, 0.5) is 0 Å². The zero-order chi connectivity index (χ0) is 14.4. The molecule has 6 heteroatoms. The van der Waals surface area contributed by atoms with E-state index in [2.05, 4.69) is 6.07 Å². The molecule has 0 aliphatic carbocycles. The molecule has 1 aliphatic heterocycles. The van der Waals surface area contributed by atoms with E-state index in [0.29, 0.717) is 26.3 Å². The van der Waals surface area contributed by atoms with Crippen molar-refractivity contribution in [2.24, 2.45) is 0 Å². The predicted molar refractivity (Wildman–Crippen MR) is 77.0 cm³/mol. The molecule has 112 valence electrons. The highest BCUT2D eigenvalue weighted by Gasteiger charge is 2.26. The van der Waals surface area contributed by atoms with Gasteiger partial charge in [-0.1, -0.05) is 24.3 Å². The lowest BCUT2D eigenvalue weighted by molar-refractivity contribution is 0.0781. The van der Waals surface area contributed by atoms with Crippen LogP contribution in [0, 0.1) is 0 Å². The standard InChI is InChI=1S/C14H21NO4S/c1-18-8-9-19-10-11-20(16,17)15-7-6-13-4-2-3-5-14(13)12-15/h2-5H,6-12H2,1H3. The van der Waals surface area contributed by atoms with Crippen molar-refractivity contribution in [3.8, 4) is 0 Å². The van der Waals surface area contributed by atoms with Crippen LogP contribution in [-0.2, 0) is 32.5 Å². The summed E-state index contributed by atoms with van der Waals surface area (Å²) in [7, 11) is -1.66. The molecule has 1 aliphatic rings. The first kappa shape index (κ1) is 15.4. The first-order valence-corrected chi connectivity index (χ1v) is 8.35. The minimum atomic E-state index is -3.25. The van der Waals surface area contributed by atoms with Crippen molar-refractivity contribution in [3.63, 3.8) is 0 Å². The number of sulfonamides is 1. The Morgan fingerprint density at radius 3 is 2.65 bits per heavy atom. The maximum atomic E-state index is 12.2. The first-order chi connectivity index (χ1) is 9.63. The Labute approximate surface area is 120 Å². The van der Waals surface area contributed by atoms with Crippen LogP contribution in [0.2, 0.25) is 0 Å². The molecule has 0 fully saturated rings. The van der Waals surface area contributed by atoms with Crippen LogP contribution in [0.15, 0.2) is 24.3 Å². The molecule has 0 amide bonds. The third kappa shape index (κ3) is 4.02. The number of fused-ring (bicyclic) bond motifs is 1. The van der Waals surface area contributed by atoms with Gasteiger partial charge in [0.1, 0.15) is 0 Å². The minimum Gasteiger partial charge on any atom is -0.382 e. The molecule has 5 nitrogen and oxygen atoms in total. The molecule has 0 atom stereocenters. The van der Waals surface area contributed by atoms with Gasteiger partial charge in [0, 0.05) is 20.2 Å². The SMILES string of the molecule is COCCOCCS(=O)(=O)N1CCc2ccccc2C1. The number of ether oxygens (including phenoxy) is 2. The van der Waals surface area contributed by atoms with E-state index in [1.54, 1.807) is 11.4 Å². The molecule has 1 aromatic rings. The summed E-state index contributed by atoms with van der Waals surface area (Å²) >= 11 is 0. The van der Waals surface area contributed by atoms with Crippen LogP contribution >= 0.6 is 0 Å². The topological polar surface area (TPSA) is 55.8 Å². The molecule has 0 saturated carbocycles. The molecule has 0 radical (unpaired) electrons. The average molecular weight is 299 g/mol. The Balaban J connectivity index is 1.88. The maximum absolute atomic E-state index is 12.2. The van der Waals surface area contributed by atoms with Crippen LogP contribution in [0.1, 0.15) is 11.1 Å². The van der Waals surface area contributed by atoms with Crippen molar-refractivity contribution < 1.29 is 17.9 Å². The Morgan fingerprint density at radius 1 is 1.15 bits per heavy atom. The van der Waals surface area contributed by atoms with Gasteiger partial charge in [-0.2, -0.15) is 4.31 Å². The van der Waals surface area contributed by atoms with Crippen LogP contribution in [0.3, 0.4) is 0 Å². The summed E-state index contributed by atoms with van der Waals surface area (Å²) in [5.74, 6) is 0.0267. The summed E-state index contributed by atoms with van der Waals surface area (Å²) in [6.45, 7) is 2.14. The molecule has 0 aromatic heterocycles. The molecule has 0 spiro atoms. The summed E-state index contributed by atoms with van der Waals surface area (Å²) in [5, 5.41) is 0. The van der Waals surface area contributed by atoms with E-state index < -0.39 is 10.0 Å². The van der Waals surface area contributed by atoms with Gasteiger partial charge in [-0.15, -0.1) is 0 Å². The number of methoxy groups -OCH3 is 1. The molecule has 1 heterocycles. The van der Waals surface area contributed by atoms with Crippen molar-refractivity contribution >= 4 is 10.0 Å². The molecule has 2 rings (SSSR count). The Kier molecular flexibility index (Phi) is 5.54. The molecular weight excluding hydrogens is 278 g/mol. The number of hydrogen-bond acceptors (Lipinski definition) is 4. The van der Waals surface area contributed by atoms with E-state index in [1.165, 1.54) is 5.56 Å². The minimum absolute atomic E-state index is 0.0267. The van der Waals surface area contributed by atoms with Crippen LogP contribution < -0.4 is 0 Å². The average Bonchev–Trinajstić information content (AvgIpc) is 2.46. The molecular formula is C14H21NO4S. The largest absolute Gasteiger partial charge is 0.382 e. The lowest BCUT2D eigenvalue weighted by atomic mass is 10.0. The summed E-state index contributed by atoms with van der Waals surface area (Å²) < 4.78 is 36.1. The molecule has 1 aromatic carbocycles. The van der Waals surface area contributed by atoms with E-state index in [1.807, 2.05) is 18.2 Å². The summed E-state index contributed by atoms with van der Waals surface area (Å²) in [6.07, 6.45) is 0.778. The number of benzene rings is 1. The summed E-state index contributed by atoms with van der Waals surface area (Å²) in [5.41, 5.74) is 2.35. The van der Waals surface area contributed by atoms with Crippen molar-refractivity contribution in [1.29, 1.82) is 0 Å². The van der Waals surface area contributed by atoms with Gasteiger partial charge >= 0.3 is 0 Å². The van der Waals surface area contributed by atoms with Crippen LogP contribution in [-0.4, -0.2) is 52.0 Å². The van der Waals surface area contributed by atoms with Gasteiger partial charge in [0.05, 0.1) is 25.6 Å². The van der Waals surface area contributed by atoms with Crippen molar-refractivity contribution in [2.75, 3.05) is 39.2 Å². The normalized spacial score (nSPS) is 16.1. The number of nitrogens with zero attached hydrogens (tertiary/aromatic N) is 1. The third-order valence-electron chi connectivity index (χ3n) is 3.41. The Morgan fingerprint density at radius 2 is 1.90 bits per heavy atom. The van der Waals surface area contributed by atoms with Crippen LogP contribution in [0.25, 0.3) is 0 Å². The lowest BCUT2D eigenvalue weighted by Crippen LogP contribution is -2.38. The van der Waals surface area contributed by atoms with Crippen LogP contribution in [0.5, 0.6) is 0 Å². The highest BCUT2D eigenvalue weighted by atomic mass is 32.2. The van der Waals surface area contributed by atoms with Crippen molar-refractivity contribution in [3.05, 3.63) is 35.4 Å². The maximum Gasteiger partial charge on any atom is 0.216 e. The second kappa shape index (κ2) is 7.17. The number of rotatable bonds is 7. The van der Waals surface area contributed by atoms with Crippen molar-refractivity contribution in [1.82, 2.24) is 4.31 Å². The summed E-state index contributed by atoms with van der Waals surface area (Å²) in [6, 6.07) is 7.99. The fourth-order valence-electron chi connectivity index (χ4n) is 2.24. The molecule has 0 saturated heterocycles. The second-order valence-electron chi connectivity index (χ2n) is 4.77. The van der Waals surface area contributed by atoms with Gasteiger partial charge in [-0.05, 0) is 17.5 Å². The lowest BCUT2D eigenvalue weighted by Gasteiger charge is -2.28. The van der Waals surface area contributed by atoms with Gasteiger partial charge in [-0.25, -0.2) is 8.42 Å². The third-order valence-corrected chi connectivity index (χ3v) is 5.19. The van der Waals surface area contributed by atoms with Crippen molar-refractivity contribution in [2.45, 2.75) is 13.0 Å². The first-order valence-electron chi connectivity index (χ1n) is 6.75. The van der Waals surface area contributed by atoms with Gasteiger partial charge < -0.3 is 9.47 Å². The zero-order valence-electron chi connectivity index (χ0n) is 11.7. The fraction of sp³-hybridized carbons (Fsp3) is 0.571. The highest BCUT2D eigenvalue weighted by molar-refractivity contribution is 7.89. The van der Waals surface area contributed by atoms with Gasteiger partial charge in [-0.3, -0.25) is 0 Å². The predicted octanol–water partition coefficient (Wildman–Crippen LogP) is 1.04. The van der Waals surface area contributed by atoms with E-state index >= 15 is 0 Å². The summed E-state index contributed by atoms with van der Waals surface area (Å²) in [4.78, 5) is 0. The molecule has 0 N–H and O–H groups in total. The highest BCUT2D eigenvalue weighted by Crippen LogP contribution is 2.20. The van der Waals surface area contributed by atoms with E-state index in [0.717, 1.165) is 12.0 Å². The zero-order valence-corrected chi connectivity index (χ0v) is 12.6. The van der Waals surface area contributed by atoms with Gasteiger partial charge in [0.25, 0.3) is 0 Å². The molecule has 20 heavy (non-hydrogen) atoms. The quantitative estimate of drug-likeness (QED) is 0.706. The Hall–Kier alpha value is -0.950. The number of hydrogen-bond donors (Lipinski definition) is 0. The van der Waals surface area contributed by atoms with Gasteiger partial charge in [0.15, 0.2) is 0 Å². The second-order valence-corrected chi connectivity index (χ2v) is 6.86. The van der Waals surface area contributed by atoms with E-state index in [4.69, 9.17) is 9.47 Å². The monoisotopic (exact) mass is 299 g/mol. The van der Waals surface area contributed by atoms with E-state index in [9.17, 15) is 8.42 Å². The smallest absolute Gasteiger partial charge is 0.216 e. The molecule has 0 unspecified atom stereocenters. The molecule has 0 bridgehead atoms. The fourth-order valence-corrected chi connectivity index (χ4v) is 3.54.